The number of nitrogens with zero attached hydrogens (tertiary/aromatic N) is 1. The fourth-order valence-corrected chi connectivity index (χ4v) is 2.28. The highest BCUT2D eigenvalue weighted by molar-refractivity contribution is 4.87. The van der Waals surface area contributed by atoms with Crippen LogP contribution < -0.4 is 5.32 Å². The van der Waals surface area contributed by atoms with Crippen molar-refractivity contribution >= 4 is 0 Å². The van der Waals surface area contributed by atoms with E-state index >= 15 is 0 Å². The molecular formula is C11H19N3. The zero-order chi connectivity index (χ0) is 9.80. The van der Waals surface area contributed by atoms with E-state index in [9.17, 15) is 0 Å². The Bertz CT molecular complexity index is 250. The summed E-state index contributed by atoms with van der Waals surface area (Å²) < 4.78 is 0. The zero-order valence-corrected chi connectivity index (χ0v) is 8.79. The molecule has 0 amide bonds. The van der Waals surface area contributed by atoms with E-state index in [0.717, 1.165) is 18.3 Å². The molecule has 1 aromatic heterocycles. The lowest BCUT2D eigenvalue weighted by molar-refractivity contribution is 0.377. The summed E-state index contributed by atoms with van der Waals surface area (Å²) in [5, 5.41) is 3.53. The summed E-state index contributed by atoms with van der Waals surface area (Å²) >= 11 is 0. The van der Waals surface area contributed by atoms with Gasteiger partial charge in [0.15, 0.2) is 0 Å². The van der Waals surface area contributed by atoms with Crippen molar-refractivity contribution in [1.82, 2.24) is 15.3 Å². The largest absolute Gasteiger partial charge is 0.348 e. The molecule has 1 aliphatic rings. The van der Waals surface area contributed by atoms with Crippen LogP contribution in [-0.2, 0) is 6.54 Å². The second-order valence-electron chi connectivity index (χ2n) is 4.25. The normalized spacial score (nSPS) is 20.1. The Hall–Kier alpha value is -0.830. The first-order valence-electron chi connectivity index (χ1n) is 5.58. The fraction of sp³-hybridized carbons (Fsp3) is 0.727. The predicted molar refractivity (Wildman–Crippen MR) is 56.8 cm³/mol. The highest BCUT2D eigenvalue weighted by atomic mass is 15.0. The number of aromatic nitrogens is 2. The first-order chi connectivity index (χ1) is 6.86. The fourth-order valence-electron chi connectivity index (χ4n) is 2.28. The van der Waals surface area contributed by atoms with Crippen molar-refractivity contribution < 1.29 is 0 Å². The molecule has 0 saturated heterocycles. The lowest BCUT2D eigenvalue weighted by Crippen LogP contribution is -2.32. The molecule has 0 aromatic carbocycles. The third-order valence-corrected chi connectivity index (χ3v) is 3.25. The van der Waals surface area contributed by atoms with E-state index in [2.05, 4.69) is 22.2 Å². The third kappa shape index (κ3) is 2.35. The number of imidazole rings is 1. The highest BCUT2D eigenvalue weighted by Gasteiger charge is 2.20. The Balaban J connectivity index is 1.74. The Morgan fingerprint density at radius 2 is 2.36 bits per heavy atom. The van der Waals surface area contributed by atoms with Crippen LogP contribution in [0.5, 0.6) is 0 Å². The Morgan fingerprint density at radius 3 is 3.00 bits per heavy atom. The van der Waals surface area contributed by atoms with Crippen LogP contribution in [-0.4, -0.2) is 16.0 Å². The summed E-state index contributed by atoms with van der Waals surface area (Å²) in [5.74, 6) is 1.92. The van der Waals surface area contributed by atoms with Crippen molar-refractivity contribution in [2.75, 3.05) is 0 Å². The van der Waals surface area contributed by atoms with Gasteiger partial charge in [0.05, 0.1) is 6.54 Å². The van der Waals surface area contributed by atoms with Crippen LogP contribution in [0.15, 0.2) is 12.4 Å². The summed E-state index contributed by atoms with van der Waals surface area (Å²) in [6, 6.07) is 0.627. The van der Waals surface area contributed by atoms with Crippen LogP contribution in [0.3, 0.4) is 0 Å². The molecule has 3 nitrogen and oxygen atoms in total. The summed E-state index contributed by atoms with van der Waals surface area (Å²) in [5.41, 5.74) is 0. The van der Waals surface area contributed by atoms with Crippen molar-refractivity contribution in [2.24, 2.45) is 5.92 Å². The van der Waals surface area contributed by atoms with Gasteiger partial charge in [-0.25, -0.2) is 4.98 Å². The minimum Gasteiger partial charge on any atom is -0.348 e. The van der Waals surface area contributed by atoms with Crippen LogP contribution in [0, 0.1) is 5.92 Å². The topological polar surface area (TPSA) is 40.7 Å². The second-order valence-corrected chi connectivity index (χ2v) is 4.25. The van der Waals surface area contributed by atoms with Crippen molar-refractivity contribution in [3.8, 4) is 0 Å². The molecule has 78 valence electrons. The quantitative estimate of drug-likeness (QED) is 0.768. The van der Waals surface area contributed by atoms with E-state index in [1.54, 1.807) is 6.20 Å². The van der Waals surface area contributed by atoms with Crippen molar-refractivity contribution in [3.63, 3.8) is 0 Å². The molecule has 1 aliphatic carbocycles. The standard InChI is InChI=1S/C11H19N3/c1-9(10-4-2-3-5-10)14-8-11-12-6-7-13-11/h6-7,9-10,14H,2-5,8H2,1H3,(H,12,13). The maximum atomic E-state index is 4.20. The van der Waals surface area contributed by atoms with E-state index in [4.69, 9.17) is 0 Å². The molecular weight excluding hydrogens is 174 g/mol. The molecule has 14 heavy (non-hydrogen) atoms. The first-order valence-corrected chi connectivity index (χ1v) is 5.58. The van der Waals surface area contributed by atoms with E-state index in [1.807, 2.05) is 6.20 Å². The van der Waals surface area contributed by atoms with Gasteiger partial charge in [-0.05, 0) is 25.7 Å². The molecule has 1 unspecified atom stereocenters. The molecule has 1 heterocycles. The number of rotatable bonds is 4. The van der Waals surface area contributed by atoms with Crippen LogP contribution >= 0.6 is 0 Å². The Labute approximate surface area is 85.3 Å². The van der Waals surface area contributed by atoms with Gasteiger partial charge in [0.2, 0.25) is 0 Å². The van der Waals surface area contributed by atoms with E-state index < -0.39 is 0 Å². The van der Waals surface area contributed by atoms with E-state index in [-0.39, 0.29) is 0 Å². The van der Waals surface area contributed by atoms with Gasteiger partial charge >= 0.3 is 0 Å². The van der Waals surface area contributed by atoms with Gasteiger partial charge in [-0.2, -0.15) is 0 Å². The van der Waals surface area contributed by atoms with Gasteiger partial charge in [0.25, 0.3) is 0 Å². The molecule has 2 N–H and O–H groups in total. The average Bonchev–Trinajstić information content (AvgIpc) is 2.87. The minimum absolute atomic E-state index is 0.627. The van der Waals surface area contributed by atoms with E-state index in [1.165, 1.54) is 25.7 Å². The van der Waals surface area contributed by atoms with Gasteiger partial charge in [-0.1, -0.05) is 12.8 Å². The van der Waals surface area contributed by atoms with Crippen molar-refractivity contribution in [3.05, 3.63) is 18.2 Å². The monoisotopic (exact) mass is 193 g/mol. The molecule has 0 radical (unpaired) electrons. The molecule has 0 aliphatic heterocycles. The molecule has 0 spiro atoms. The molecule has 3 heteroatoms. The van der Waals surface area contributed by atoms with Crippen molar-refractivity contribution in [1.29, 1.82) is 0 Å². The minimum atomic E-state index is 0.627. The lowest BCUT2D eigenvalue weighted by Gasteiger charge is -2.19. The number of H-pyrrole nitrogens is 1. The van der Waals surface area contributed by atoms with Gasteiger partial charge < -0.3 is 10.3 Å². The number of hydrogen-bond acceptors (Lipinski definition) is 2. The lowest BCUT2D eigenvalue weighted by atomic mass is 10.00. The van der Waals surface area contributed by atoms with Gasteiger partial charge in [0.1, 0.15) is 5.82 Å². The highest BCUT2D eigenvalue weighted by Crippen LogP contribution is 2.27. The molecule has 0 bridgehead atoms. The maximum Gasteiger partial charge on any atom is 0.120 e. The second kappa shape index (κ2) is 4.60. The summed E-state index contributed by atoms with van der Waals surface area (Å²) in [7, 11) is 0. The smallest absolute Gasteiger partial charge is 0.120 e. The molecule has 1 saturated carbocycles. The molecule has 1 aromatic rings. The molecule has 1 fully saturated rings. The van der Waals surface area contributed by atoms with Crippen molar-refractivity contribution in [2.45, 2.75) is 45.2 Å². The number of aromatic amines is 1. The van der Waals surface area contributed by atoms with Crippen LogP contribution in [0.4, 0.5) is 0 Å². The summed E-state index contributed by atoms with van der Waals surface area (Å²) in [6.07, 6.45) is 9.29. The van der Waals surface area contributed by atoms with Gasteiger partial charge in [-0.3, -0.25) is 0 Å². The molecule has 2 rings (SSSR count). The van der Waals surface area contributed by atoms with Gasteiger partial charge in [0, 0.05) is 18.4 Å². The maximum absolute atomic E-state index is 4.20. The molecule has 1 atom stereocenters. The van der Waals surface area contributed by atoms with Crippen LogP contribution in [0.2, 0.25) is 0 Å². The zero-order valence-electron chi connectivity index (χ0n) is 8.79. The summed E-state index contributed by atoms with van der Waals surface area (Å²) in [6.45, 7) is 3.16. The summed E-state index contributed by atoms with van der Waals surface area (Å²) in [4.78, 5) is 7.31. The van der Waals surface area contributed by atoms with Crippen LogP contribution in [0.1, 0.15) is 38.4 Å². The first kappa shape index (κ1) is 9.71. The number of nitrogens with one attached hydrogen (secondary N) is 2. The van der Waals surface area contributed by atoms with E-state index in [0.29, 0.717) is 6.04 Å². The number of hydrogen-bond donors (Lipinski definition) is 2. The predicted octanol–water partition coefficient (Wildman–Crippen LogP) is 2.08. The Kier molecular flexibility index (Phi) is 3.19. The average molecular weight is 193 g/mol. The SMILES string of the molecule is CC(NCc1ncc[nH]1)C1CCCC1. The Morgan fingerprint density at radius 1 is 1.57 bits per heavy atom. The van der Waals surface area contributed by atoms with Gasteiger partial charge in [-0.15, -0.1) is 0 Å². The third-order valence-electron chi connectivity index (χ3n) is 3.25. The van der Waals surface area contributed by atoms with Crippen LogP contribution in [0.25, 0.3) is 0 Å².